The Morgan fingerprint density at radius 3 is 2.97 bits per heavy atom. The number of fused-ring (bicyclic) bond motifs is 2. The molecule has 174 valence electrons. The maximum Gasteiger partial charge on any atom is 0.319 e. The summed E-state index contributed by atoms with van der Waals surface area (Å²) in [6.45, 7) is 5.58. The van der Waals surface area contributed by atoms with Gasteiger partial charge in [0, 0.05) is 28.1 Å². The maximum atomic E-state index is 12.5. The van der Waals surface area contributed by atoms with Crippen molar-refractivity contribution < 1.29 is 23.9 Å². The molecule has 1 aromatic carbocycles. The molecular formula is C21H21N3O7S2. The smallest absolute Gasteiger partial charge is 0.319 e. The molecular weight excluding hydrogens is 470 g/mol. The van der Waals surface area contributed by atoms with Crippen LogP contribution >= 0.6 is 23.1 Å². The number of aromatic nitrogens is 2. The molecule has 1 N–H and O–H groups in total. The van der Waals surface area contributed by atoms with Crippen LogP contribution in [0.3, 0.4) is 0 Å². The molecule has 0 aliphatic carbocycles. The van der Waals surface area contributed by atoms with Crippen molar-refractivity contribution in [2.24, 2.45) is 0 Å². The zero-order valence-electron chi connectivity index (χ0n) is 18.1. The molecule has 4 rings (SSSR count). The van der Waals surface area contributed by atoms with Crippen molar-refractivity contribution in [2.45, 2.75) is 45.0 Å². The fraction of sp³-hybridized carbons (Fsp3) is 0.381. The number of esters is 1. The highest BCUT2D eigenvalue weighted by Gasteiger charge is 2.23. The number of aromatic amines is 1. The summed E-state index contributed by atoms with van der Waals surface area (Å²) in [5, 5.41) is 11.3. The van der Waals surface area contributed by atoms with Crippen molar-refractivity contribution in [3.8, 4) is 5.75 Å². The number of ether oxygens (including phenoxy) is 3. The molecule has 0 amide bonds. The molecule has 1 aliphatic heterocycles. The molecule has 0 saturated carbocycles. The van der Waals surface area contributed by atoms with E-state index < -0.39 is 16.1 Å². The first kappa shape index (κ1) is 23.2. The van der Waals surface area contributed by atoms with Gasteiger partial charge in [0.05, 0.1) is 22.7 Å². The standard InChI is InChI=1S/C21H21N3O7S2/c1-10-11(2)33-20-17(10)19(25)22-16(23-20)8-32-12(3)21(26)30-7-14-5-15(24(27)28)4-13-6-29-9-31-18(13)14/h4-5,12H,6-9H2,1-3H3,(H,22,23,25). The average Bonchev–Trinajstić information content (AvgIpc) is 3.08. The Kier molecular flexibility index (Phi) is 6.68. The minimum absolute atomic E-state index is 0.0247. The van der Waals surface area contributed by atoms with Crippen molar-refractivity contribution in [3.05, 3.63) is 60.0 Å². The normalized spacial score (nSPS) is 13.9. The van der Waals surface area contributed by atoms with Gasteiger partial charge in [-0.3, -0.25) is 19.7 Å². The lowest BCUT2D eigenvalue weighted by molar-refractivity contribution is -0.385. The molecule has 1 atom stereocenters. The van der Waals surface area contributed by atoms with Crippen molar-refractivity contribution in [1.82, 2.24) is 9.97 Å². The SMILES string of the molecule is Cc1sc2nc(CSC(C)C(=O)OCc3cc([N+](=O)[O-])cc4c3OCOC4)[nH]c(=O)c2c1C. The molecule has 1 unspecified atom stereocenters. The largest absolute Gasteiger partial charge is 0.467 e. The zero-order valence-corrected chi connectivity index (χ0v) is 19.8. The predicted octanol–water partition coefficient (Wildman–Crippen LogP) is 3.74. The fourth-order valence-corrected chi connectivity index (χ4v) is 5.20. The third-order valence-electron chi connectivity index (χ3n) is 5.24. The Hall–Kier alpha value is -2.96. The van der Waals surface area contributed by atoms with Gasteiger partial charge in [0.25, 0.3) is 11.2 Å². The van der Waals surface area contributed by atoms with Gasteiger partial charge in [-0.25, -0.2) is 4.98 Å². The number of carbonyl (C=O) groups excluding carboxylic acids is 1. The van der Waals surface area contributed by atoms with Gasteiger partial charge in [0.1, 0.15) is 28.3 Å². The van der Waals surface area contributed by atoms with Crippen LogP contribution in [-0.2, 0) is 33.2 Å². The quantitative estimate of drug-likeness (QED) is 0.298. The number of hydrogen-bond donors (Lipinski definition) is 1. The summed E-state index contributed by atoms with van der Waals surface area (Å²) in [5.41, 5.74) is 1.56. The molecule has 0 fully saturated rings. The number of carbonyl (C=O) groups is 1. The first-order chi connectivity index (χ1) is 15.7. The predicted molar refractivity (Wildman–Crippen MR) is 124 cm³/mol. The van der Waals surface area contributed by atoms with E-state index in [-0.39, 0.29) is 31.3 Å². The van der Waals surface area contributed by atoms with Crippen LogP contribution in [0, 0.1) is 24.0 Å². The van der Waals surface area contributed by atoms with E-state index in [1.807, 2.05) is 13.8 Å². The van der Waals surface area contributed by atoms with E-state index in [0.717, 1.165) is 10.4 Å². The Bertz CT molecular complexity index is 1300. The Morgan fingerprint density at radius 1 is 1.42 bits per heavy atom. The highest BCUT2D eigenvalue weighted by atomic mass is 32.2. The van der Waals surface area contributed by atoms with E-state index in [9.17, 15) is 19.7 Å². The molecule has 0 radical (unpaired) electrons. The molecule has 12 heteroatoms. The van der Waals surface area contributed by atoms with Crippen LogP contribution in [0.15, 0.2) is 16.9 Å². The second-order valence-corrected chi connectivity index (χ2v) is 10.0. The van der Waals surface area contributed by atoms with Crippen LogP contribution < -0.4 is 10.3 Å². The number of nitro groups is 1. The van der Waals surface area contributed by atoms with Gasteiger partial charge in [-0.2, -0.15) is 0 Å². The lowest BCUT2D eigenvalue weighted by Crippen LogP contribution is -2.19. The molecule has 3 aromatic rings. The molecule has 0 bridgehead atoms. The number of rotatable bonds is 7. The summed E-state index contributed by atoms with van der Waals surface area (Å²) >= 11 is 2.74. The number of benzene rings is 1. The average molecular weight is 492 g/mol. The highest BCUT2D eigenvalue weighted by molar-refractivity contribution is 7.99. The molecule has 3 heterocycles. The van der Waals surface area contributed by atoms with Crippen LogP contribution in [0.5, 0.6) is 5.75 Å². The van der Waals surface area contributed by atoms with Crippen LogP contribution in [0.2, 0.25) is 0 Å². The van der Waals surface area contributed by atoms with Gasteiger partial charge in [0.2, 0.25) is 0 Å². The van der Waals surface area contributed by atoms with Crippen molar-refractivity contribution >= 4 is 45.0 Å². The molecule has 2 aromatic heterocycles. The van der Waals surface area contributed by atoms with Gasteiger partial charge in [0.15, 0.2) is 6.79 Å². The van der Waals surface area contributed by atoms with Crippen LogP contribution in [-0.4, -0.2) is 32.9 Å². The monoisotopic (exact) mass is 491 g/mol. The fourth-order valence-electron chi connectivity index (χ4n) is 3.40. The molecule has 33 heavy (non-hydrogen) atoms. The Morgan fingerprint density at radius 2 is 2.21 bits per heavy atom. The zero-order chi connectivity index (χ0) is 23.7. The Labute approximate surface area is 196 Å². The van der Waals surface area contributed by atoms with Gasteiger partial charge >= 0.3 is 5.97 Å². The number of nitro benzene ring substituents is 1. The summed E-state index contributed by atoms with van der Waals surface area (Å²) in [6, 6.07) is 2.73. The number of nitrogens with one attached hydrogen (secondary N) is 1. The lowest BCUT2D eigenvalue weighted by Gasteiger charge is -2.20. The minimum Gasteiger partial charge on any atom is -0.467 e. The second kappa shape index (κ2) is 9.49. The van der Waals surface area contributed by atoms with E-state index in [0.29, 0.717) is 38.7 Å². The lowest BCUT2D eigenvalue weighted by atomic mass is 10.1. The van der Waals surface area contributed by atoms with Gasteiger partial charge in [-0.05, 0) is 26.3 Å². The summed E-state index contributed by atoms with van der Waals surface area (Å²) < 4.78 is 16.0. The number of aryl methyl sites for hydroxylation is 2. The number of thioether (sulfide) groups is 1. The third kappa shape index (κ3) is 4.87. The first-order valence-corrected chi connectivity index (χ1v) is 11.9. The molecule has 1 aliphatic rings. The van der Waals surface area contributed by atoms with E-state index >= 15 is 0 Å². The summed E-state index contributed by atoms with van der Waals surface area (Å²) in [7, 11) is 0. The number of hydrogen-bond acceptors (Lipinski definition) is 10. The third-order valence-corrected chi connectivity index (χ3v) is 7.48. The van der Waals surface area contributed by atoms with Gasteiger partial charge < -0.3 is 19.2 Å². The van der Waals surface area contributed by atoms with E-state index in [1.54, 1.807) is 6.92 Å². The highest BCUT2D eigenvalue weighted by Crippen LogP contribution is 2.33. The molecule has 0 saturated heterocycles. The maximum absolute atomic E-state index is 12.5. The first-order valence-electron chi connectivity index (χ1n) is 10.0. The van der Waals surface area contributed by atoms with E-state index in [4.69, 9.17) is 14.2 Å². The number of H-pyrrole nitrogens is 1. The van der Waals surface area contributed by atoms with Crippen molar-refractivity contribution in [1.29, 1.82) is 0 Å². The summed E-state index contributed by atoms with van der Waals surface area (Å²) in [5.74, 6) is 0.763. The topological polar surface area (TPSA) is 134 Å². The molecule has 0 spiro atoms. The second-order valence-electron chi connectivity index (χ2n) is 7.50. The number of nitrogens with zero attached hydrogens (tertiary/aromatic N) is 2. The Balaban J connectivity index is 1.41. The number of non-ortho nitro benzene ring substituents is 1. The van der Waals surface area contributed by atoms with Gasteiger partial charge in [-0.15, -0.1) is 23.1 Å². The van der Waals surface area contributed by atoms with Crippen LogP contribution in [0.4, 0.5) is 5.69 Å². The van der Waals surface area contributed by atoms with Crippen LogP contribution in [0.1, 0.15) is 34.3 Å². The number of thiophene rings is 1. The minimum atomic E-state index is -0.545. The summed E-state index contributed by atoms with van der Waals surface area (Å²) in [4.78, 5) is 44.6. The van der Waals surface area contributed by atoms with E-state index in [1.165, 1.54) is 35.2 Å². The summed E-state index contributed by atoms with van der Waals surface area (Å²) in [6.07, 6.45) is 0. The van der Waals surface area contributed by atoms with Gasteiger partial charge in [-0.1, -0.05) is 0 Å². The molecule has 10 nitrogen and oxygen atoms in total. The van der Waals surface area contributed by atoms with Crippen molar-refractivity contribution in [2.75, 3.05) is 6.79 Å². The van der Waals surface area contributed by atoms with Crippen LogP contribution in [0.25, 0.3) is 10.2 Å². The van der Waals surface area contributed by atoms with Crippen molar-refractivity contribution in [3.63, 3.8) is 0 Å². The van der Waals surface area contributed by atoms with E-state index in [2.05, 4.69) is 9.97 Å².